The molecule has 2 aromatic carbocycles. The Hall–Kier alpha value is -2.82. The Morgan fingerprint density at radius 1 is 1.13 bits per heavy atom. The average molecular weight is 313 g/mol. The maximum absolute atomic E-state index is 12.2. The van der Waals surface area contributed by atoms with Crippen LogP contribution >= 0.6 is 0 Å². The Bertz CT molecular complexity index is 680. The van der Waals surface area contributed by atoms with Crippen molar-refractivity contribution in [2.75, 3.05) is 11.9 Å². The lowest BCUT2D eigenvalue weighted by Gasteiger charge is -2.08. The fourth-order valence-electron chi connectivity index (χ4n) is 2.03. The molecule has 5 heteroatoms. The van der Waals surface area contributed by atoms with E-state index in [0.29, 0.717) is 29.2 Å². The van der Waals surface area contributed by atoms with Gasteiger partial charge in [-0.05, 0) is 42.3 Å². The number of rotatable bonds is 7. The van der Waals surface area contributed by atoms with E-state index < -0.39 is 5.97 Å². The summed E-state index contributed by atoms with van der Waals surface area (Å²) in [5.74, 6) is -0.458. The van der Waals surface area contributed by atoms with Gasteiger partial charge in [-0.3, -0.25) is 9.59 Å². The van der Waals surface area contributed by atoms with E-state index in [1.807, 2.05) is 13.0 Å². The van der Waals surface area contributed by atoms with Gasteiger partial charge in [-0.2, -0.15) is 0 Å². The molecule has 0 bridgehead atoms. The third kappa shape index (κ3) is 5.14. The number of benzene rings is 2. The molecule has 0 atom stereocenters. The van der Waals surface area contributed by atoms with Crippen molar-refractivity contribution in [2.45, 2.75) is 19.8 Å². The van der Waals surface area contributed by atoms with E-state index in [2.05, 4.69) is 5.32 Å². The van der Waals surface area contributed by atoms with Gasteiger partial charge in [0.05, 0.1) is 13.0 Å². The van der Waals surface area contributed by atoms with E-state index >= 15 is 0 Å². The highest BCUT2D eigenvalue weighted by Crippen LogP contribution is 2.16. The van der Waals surface area contributed by atoms with Crippen molar-refractivity contribution in [1.29, 1.82) is 0 Å². The third-order valence-electron chi connectivity index (χ3n) is 3.14. The number of carboxylic acids is 1. The summed E-state index contributed by atoms with van der Waals surface area (Å²) in [6.07, 6.45) is 0.865. The number of ether oxygens (including phenoxy) is 1. The van der Waals surface area contributed by atoms with Gasteiger partial charge in [0.15, 0.2) is 0 Å². The van der Waals surface area contributed by atoms with E-state index in [4.69, 9.17) is 9.84 Å². The molecule has 120 valence electrons. The van der Waals surface area contributed by atoms with Crippen molar-refractivity contribution in [2.24, 2.45) is 0 Å². The Balaban J connectivity index is 2.02. The SMILES string of the molecule is CCCOc1cccc(C(=O)Nc2ccc(CC(=O)O)cc2)c1. The number of aliphatic carboxylic acids is 1. The van der Waals surface area contributed by atoms with Gasteiger partial charge in [0.1, 0.15) is 5.75 Å². The Kier molecular flexibility index (Phi) is 5.74. The summed E-state index contributed by atoms with van der Waals surface area (Å²) in [5, 5.41) is 11.5. The van der Waals surface area contributed by atoms with Gasteiger partial charge in [0, 0.05) is 11.3 Å². The molecule has 0 spiro atoms. The summed E-state index contributed by atoms with van der Waals surface area (Å²) in [5.41, 5.74) is 1.81. The van der Waals surface area contributed by atoms with Crippen LogP contribution in [0, 0.1) is 0 Å². The van der Waals surface area contributed by atoms with Crippen molar-refractivity contribution >= 4 is 17.6 Å². The lowest BCUT2D eigenvalue weighted by atomic mass is 10.1. The Morgan fingerprint density at radius 2 is 1.87 bits per heavy atom. The molecule has 2 rings (SSSR count). The number of carbonyl (C=O) groups is 2. The maximum atomic E-state index is 12.2. The topological polar surface area (TPSA) is 75.6 Å². The molecule has 0 aliphatic carbocycles. The molecule has 0 unspecified atom stereocenters. The number of hydrogen-bond donors (Lipinski definition) is 2. The third-order valence-corrected chi connectivity index (χ3v) is 3.14. The van der Waals surface area contributed by atoms with Crippen LogP contribution in [0.1, 0.15) is 29.3 Å². The molecule has 23 heavy (non-hydrogen) atoms. The minimum atomic E-state index is -0.884. The minimum Gasteiger partial charge on any atom is -0.494 e. The molecule has 0 aromatic heterocycles. The van der Waals surface area contributed by atoms with Crippen molar-refractivity contribution < 1.29 is 19.4 Å². The molecule has 0 radical (unpaired) electrons. The Morgan fingerprint density at radius 3 is 2.52 bits per heavy atom. The van der Waals surface area contributed by atoms with Crippen LogP contribution in [0.2, 0.25) is 0 Å². The van der Waals surface area contributed by atoms with Crippen LogP contribution in [-0.4, -0.2) is 23.6 Å². The van der Waals surface area contributed by atoms with Crippen LogP contribution < -0.4 is 10.1 Å². The monoisotopic (exact) mass is 313 g/mol. The zero-order valence-electron chi connectivity index (χ0n) is 12.9. The highest BCUT2D eigenvalue weighted by Gasteiger charge is 2.08. The smallest absolute Gasteiger partial charge is 0.307 e. The van der Waals surface area contributed by atoms with Crippen molar-refractivity contribution in [3.63, 3.8) is 0 Å². The predicted octanol–water partition coefficient (Wildman–Crippen LogP) is 3.35. The summed E-state index contributed by atoms with van der Waals surface area (Å²) in [4.78, 5) is 22.9. The van der Waals surface area contributed by atoms with Crippen LogP contribution in [0.25, 0.3) is 0 Å². The van der Waals surface area contributed by atoms with Crippen molar-refractivity contribution in [1.82, 2.24) is 0 Å². The molecule has 2 aromatic rings. The van der Waals surface area contributed by atoms with E-state index in [1.165, 1.54) is 0 Å². The van der Waals surface area contributed by atoms with Gasteiger partial charge in [0.25, 0.3) is 5.91 Å². The quantitative estimate of drug-likeness (QED) is 0.822. The van der Waals surface area contributed by atoms with Crippen LogP contribution in [0.5, 0.6) is 5.75 Å². The summed E-state index contributed by atoms with van der Waals surface area (Å²) < 4.78 is 5.51. The zero-order chi connectivity index (χ0) is 16.7. The van der Waals surface area contributed by atoms with Crippen molar-refractivity contribution in [3.8, 4) is 5.75 Å². The lowest BCUT2D eigenvalue weighted by Crippen LogP contribution is -2.12. The first-order valence-corrected chi connectivity index (χ1v) is 7.43. The number of carboxylic acid groups (broad SMARTS) is 1. The molecular formula is C18H19NO4. The molecule has 0 aliphatic rings. The summed E-state index contributed by atoms with van der Waals surface area (Å²) in [7, 11) is 0. The molecule has 5 nitrogen and oxygen atoms in total. The van der Waals surface area contributed by atoms with Gasteiger partial charge in [0.2, 0.25) is 0 Å². The molecule has 1 amide bonds. The maximum Gasteiger partial charge on any atom is 0.307 e. The Labute approximate surface area is 134 Å². The van der Waals surface area contributed by atoms with E-state index in [0.717, 1.165) is 6.42 Å². The number of amides is 1. The standard InChI is InChI=1S/C18H19NO4/c1-2-10-23-16-5-3-4-14(12-16)18(22)19-15-8-6-13(7-9-15)11-17(20)21/h3-9,12H,2,10-11H2,1H3,(H,19,22)(H,20,21). The van der Waals surface area contributed by atoms with Crippen LogP contribution in [0.15, 0.2) is 48.5 Å². The van der Waals surface area contributed by atoms with Gasteiger partial charge >= 0.3 is 5.97 Å². The summed E-state index contributed by atoms with van der Waals surface area (Å²) in [6, 6.07) is 13.7. The van der Waals surface area contributed by atoms with Crippen LogP contribution in [-0.2, 0) is 11.2 Å². The van der Waals surface area contributed by atoms with Gasteiger partial charge in [-0.25, -0.2) is 0 Å². The first kappa shape index (κ1) is 16.5. The van der Waals surface area contributed by atoms with Gasteiger partial charge in [-0.15, -0.1) is 0 Å². The second-order valence-electron chi connectivity index (χ2n) is 5.10. The van der Waals surface area contributed by atoms with Crippen LogP contribution in [0.4, 0.5) is 5.69 Å². The largest absolute Gasteiger partial charge is 0.494 e. The van der Waals surface area contributed by atoms with E-state index in [-0.39, 0.29) is 12.3 Å². The average Bonchev–Trinajstić information content (AvgIpc) is 2.54. The fourth-order valence-corrected chi connectivity index (χ4v) is 2.03. The molecular weight excluding hydrogens is 294 g/mol. The zero-order valence-corrected chi connectivity index (χ0v) is 12.9. The minimum absolute atomic E-state index is 0.0367. The van der Waals surface area contributed by atoms with E-state index in [9.17, 15) is 9.59 Å². The number of carbonyl (C=O) groups excluding carboxylic acids is 1. The first-order chi connectivity index (χ1) is 11.1. The van der Waals surface area contributed by atoms with Crippen molar-refractivity contribution in [3.05, 3.63) is 59.7 Å². The molecule has 0 fully saturated rings. The highest BCUT2D eigenvalue weighted by atomic mass is 16.5. The number of nitrogens with one attached hydrogen (secondary N) is 1. The van der Waals surface area contributed by atoms with Gasteiger partial charge in [-0.1, -0.05) is 25.1 Å². The second-order valence-corrected chi connectivity index (χ2v) is 5.10. The normalized spacial score (nSPS) is 10.1. The molecule has 2 N–H and O–H groups in total. The van der Waals surface area contributed by atoms with Crippen LogP contribution in [0.3, 0.4) is 0 Å². The predicted molar refractivity (Wildman–Crippen MR) is 88.0 cm³/mol. The molecule has 0 saturated carbocycles. The molecule has 0 aliphatic heterocycles. The fraction of sp³-hybridized carbons (Fsp3) is 0.222. The molecule has 0 saturated heterocycles. The second kappa shape index (κ2) is 7.98. The number of anilines is 1. The lowest BCUT2D eigenvalue weighted by molar-refractivity contribution is -0.136. The summed E-state index contributed by atoms with van der Waals surface area (Å²) in [6.45, 7) is 2.63. The number of hydrogen-bond acceptors (Lipinski definition) is 3. The van der Waals surface area contributed by atoms with E-state index in [1.54, 1.807) is 42.5 Å². The summed E-state index contributed by atoms with van der Waals surface area (Å²) >= 11 is 0. The highest BCUT2D eigenvalue weighted by molar-refractivity contribution is 6.04. The molecule has 0 heterocycles. The van der Waals surface area contributed by atoms with Gasteiger partial charge < -0.3 is 15.2 Å². The first-order valence-electron chi connectivity index (χ1n) is 7.43.